The molecule has 0 bridgehead atoms. The molecule has 9 nitrogen and oxygen atoms in total. The highest BCUT2D eigenvalue weighted by molar-refractivity contribution is 5.96. The number of nitrogens with one attached hydrogen (secondary N) is 2. The van der Waals surface area contributed by atoms with Gasteiger partial charge in [-0.2, -0.15) is 0 Å². The smallest absolute Gasteiger partial charge is 0.271 e. The summed E-state index contributed by atoms with van der Waals surface area (Å²) < 4.78 is 0. The normalized spacial score (nSPS) is 23.5. The van der Waals surface area contributed by atoms with Crippen LogP contribution in [-0.4, -0.2) is 70.8 Å². The van der Waals surface area contributed by atoms with E-state index >= 15 is 0 Å². The minimum Gasteiger partial charge on any atom is -0.390 e. The highest BCUT2D eigenvalue weighted by Crippen LogP contribution is 2.31. The van der Waals surface area contributed by atoms with Crippen LogP contribution in [0.3, 0.4) is 0 Å². The minimum absolute atomic E-state index is 0.136. The Hall–Kier alpha value is -2.91. The second-order valence-electron chi connectivity index (χ2n) is 9.81. The molecule has 0 spiro atoms. The first kappa shape index (κ1) is 24.2. The van der Waals surface area contributed by atoms with E-state index in [0.717, 1.165) is 57.5 Å². The number of hydrogen-bond acceptors (Lipinski definition) is 8. The summed E-state index contributed by atoms with van der Waals surface area (Å²) in [7, 11) is 2.15. The van der Waals surface area contributed by atoms with Crippen LogP contribution in [0.15, 0.2) is 24.3 Å². The van der Waals surface area contributed by atoms with E-state index in [0.29, 0.717) is 23.8 Å². The zero-order chi connectivity index (χ0) is 24.3. The largest absolute Gasteiger partial charge is 0.390 e. The number of benzene rings is 1. The van der Waals surface area contributed by atoms with Crippen molar-refractivity contribution in [3.8, 4) is 0 Å². The van der Waals surface area contributed by atoms with Gasteiger partial charge in [0, 0.05) is 43.6 Å². The quantitative estimate of drug-likeness (QED) is 0.491. The minimum atomic E-state index is -0.612. The molecule has 184 valence electrons. The SMILES string of the molecule is CCc1nc(C(N)=O)c(Nc2ccc(N3CCN(C)CC3)cc2)nc1N[C@H]1CC[C@@](C)(O)CC1. The highest BCUT2D eigenvalue weighted by atomic mass is 16.3. The van der Waals surface area contributed by atoms with Crippen LogP contribution in [0.25, 0.3) is 0 Å². The summed E-state index contributed by atoms with van der Waals surface area (Å²) in [5, 5.41) is 17.0. The first-order valence-corrected chi connectivity index (χ1v) is 12.2. The molecule has 2 aromatic rings. The number of nitrogens with two attached hydrogens (primary N) is 1. The van der Waals surface area contributed by atoms with Crippen molar-refractivity contribution in [3.05, 3.63) is 35.7 Å². The number of piperazine rings is 1. The molecule has 1 aliphatic heterocycles. The van der Waals surface area contributed by atoms with Gasteiger partial charge in [0.1, 0.15) is 5.82 Å². The van der Waals surface area contributed by atoms with Crippen LogP contribution < -0.4 is 21.3 Å². The molecule has 1 aromatic heterocycles. The number of aromatic nitrogens is 2. The standard InChI is InChI=1S/C25H37N7O2/c1-4-20-23(27-18-9-11-25(2,34)12-10-18)30-24(21(29-20)22(26)33)28-17-5-7-19(8-6-17)32-15-13-31(3)14-16-32/h5-8,18,34H,4,9-16H2,1-3H3,(H2,26,33)(H2,27,28,30)/t18-,25+. The molecule has 0 radical (unpaired) electrons. The van der Waals surface area contributed by atoms with Crippen molar-refractivity contribution >= 4 is 28.9 Å². The molecule has 2 heterocycles. The van der Waals surface area contributed by atoms with Crippen molar-refractivity contribution in [2.45, 2.75) is 57.6 Å². The van der Waals surface area contributed by atoms with Gasteiger partial charge in [-0.05, 0) is 70.3 Å². The molecule has 0 atom stereocenters. The first-order valence-electron chi connectivity index (χ1n) is 12.2. The van der Waals surface area contributed by atoms with Crippen LogP contribution >= 0.6 is 0 Å². The van der Waals surface area contributed by atoms with E-state index in [1.165, 1.54) is 5.69 Å². The molecule has 1 amide bonds. The Morgan fingerprint density at radius 2 is 1.76 bits per heavy atom. The Balaban J connectivity index is 1.53. The number of carbonyl (C=O) groups is 1. The molecule has 9 heteroatoms. The predicted octanol–water partition coefficient (Wildman–Crippen LogP) is 2.74. The molecule has 1 saturated heterocycles. The van der Waals surface area contributed by atoms with Crippen LogP contribution in [0.5, 0.6) is 0 Å². The third-order valence-corrected chi connectivity index (χ3v) is 6.94. The van der Waals surface area contributed by atoms with Crippen LogP contribution in [0.4, 0.5) is 23.0 Å². The number of aliphatic hydroxyl groups is 1. The fourth-order valence-corrected chi connectivity index (χ4v) is 4.63. The third kappa shape index (κ3) is 5.77. The number of anilines is 4. The van der Waals surface area contributed by atoms with E-state index in [4.69, 9.17) is 10.7 Å². The number of hydrogen-bond donors (Lipinski definition) is 4. The molecule has 1 aliphatic carbocycles. The number of rotatable bonds is 7. The van der Waals surface area contributed by atoms with Gasteiger partial charge in [0.25, 0.3) is 5.91 Å². The molecule has 1 aromatic carbocycles. The summed E-state index contributed by atoms with van der Waals surface area (Å²) in [4.78, 5) is 26.2. The van der Waals surface area contributed by atoms with Gasteiger partial charge in [-0.15, -0.1) is 0 Å². The van der Waals surface area contributed by atoms with Crippen molar-refractivity contribution in [2.75, 3.05) is 48.8 Å². The van der Waals surface area contributed by atoms with Gasteiger partial charge in [-0.3, -0.25) is 4.79 Å². The van der Waals surface area contributed by atoms with Gasteiger partial charge >= 0.3 is 0 Å². The molecule has 2 aliphatic rings. The Morgan fingerprint density at radius 3 is 2.35 bits per heavy atom. The number of nitrogens with zero attached hydrogens (tertiary/aromatic N) is 4. The number of amides is 1. The fraction of sp³-hybridized carbons (Fsp3) is 0.560. The lowest BCUT2D eigenvalue weighted by Gasteiger charge is -2.34. The lowest BCUT2D eigenvalue weighted by Crippen LogP contribution is -2.44. The van der Waals surface area contributed by atoms with Gasteiger partial charge in [-0.1, -0.05) is 6.92 Å². The Bertz CT molecular complexity index is 991. The lowest BCUT2D eigenvalue weighted by molar-refractivity contribution is 0.0196. The summed E-state index contributed by atoms with van der Waals surface area (Å²) >= 11 is 0. The fourth-order valence-electron chi connectivity index (χ4n) is 4.63. The van der Waals surface area contributed by atoms with Crippen molar-refractivity contribution in [3.63, 3.8) is 0 Å². The van der Waals surface area contributed by atoms with E-state index in [1.807, 2.05) is 26.0 Å². The summed E-state index contributed by atoms with van der Waals surface area (Å²) in [6, 6.07) is 8.35. The molecular weight excluding hydrogens is 430 g/mol. The van der Waals surface area contributed by atoms with Crippen LogP contribution in [-0.2, 0) is 6.42 Å². The van der Waals surface area contributed by atoms with Crippen LogP contribution in [0.1, 0.15) is 55.7 Å². The maximum atomic E-state index is 12.2. The van der Waals surface area contributed by atoms with E-state index < -0.39 is 11.5 Å². The van der Waals surface area contributed by atoms with Gasteiger partial charge in [0.05, 0.1) is 11.3 Å². The first-order chi connectivity index (χ1) is 16.2. The maximum Gasteiger partial charge on any atom is 0.271 e. The number of aryl methyl sites for hydroxylation is 1. The number of primary amides is 1. The van der Waals surface area contributed by atoms with Crippen molar-refractivity contribution < 1.29 is 9.90 Å². The monoisotopic (exact) mass is 467 g/mol. The van der Waals surface area contributed by atoms with E-state index in [-0.39, 0.29) is 11.7 Å². The molecule has 4 rings (SSSR count). The van der Waals surface area contributed by atoms with E-state index in [2.05, 4.69) is 44.6 Å². The summed E-state index contributed by atoms with van der Waals surface area (Å²) in [6.45, 7) is 7.98. The average molecular weight is 468 g/mol. The Morgan fingerprint density at radius 1 is 1.12 bits per heavy atom. The second kappa shape index (κ2) is 10.1. The van der Waals surface area contributed by atoms with Gasteiger partial charge < -0.3 is 31.3 Å². The van der Waals surface area contributed by atoms with Crippen molar-refractivity contribution in [1.29, 1.82) is 0 Å². The van der Waals surface area contributed by atoms with Crippen molar-refractivity contribution in [1.82, 2.24) is 14.9 Å². The molecule has 0 unspecified atom stereocenters. The molecule has 2 fully saturated rings. The zero-order valence-electron chi connectivity index (χ0n) is 20.5. The van der Waals surface area contributed by atoms with Gasteiger partial charge in [0.15, 0.2) is 11.5 Å². The topological polar surface area (TPSA) is 120 Å². The Kier molecular flexibility index (Phi) is 7.23. The second-order valence-corrected chi connectivity index (χ2v) is 9.81. The molecule has 1 saturated carbocycles. The van der Waals surface area contributed by atoms with Crippen LogP contribution in [0, 0.1) is 0 Å². The van der Waals surface area contributed by atoms with Crippen molar-refractivity contribution in [2.24, 2.45) is 5.73 Å². The van der Waals surface area contributed by atoms with Gasteiger partial charge in [-0.25, -0.2) is 9.97 Å². The number of carbonyl (C=O) groups excluding carboxylic acids is 1. The van der Waals surface area contributed by atoms with E-state index in [1.54, 1.807) is 0 Å². The van der Waals surface area contributed by atoms with Crippen LogP contribution in [0.2, 0.25) is 0 Å². The molecular formula is C25H37N7O2. The third-order valence-electron chi connectivity index (χ3n) is 6.94. The lowest BCUT2D eigenvalue weighted by atomic mass is 9.83. The highest BCUT2D eigenvalue weighted by Gasteiger charge is 2.29. The number of likely N-dealkylation sites (N-methyl/N-ethyl adjacent to an activating group) is 1. The predicted molar refractivity (Wildman–Crippen MR) is 136 cm³/mol. The Labute approximate surface area is 201 Å². The summed E-state index contributed by atoms with van der Waals surface area (Å²) in [6.07, 6.45) is 3.81. The summed E-state index contributed by atoms with van der Waals surface area (Å²) in [5.41, 5.74) is 7.89. The van der Waals surface area contributed by atoms with E-state index in [9.17, 15) is 9.90 Å². The average Bonchev–Trinajstić information content (AvgIpc) is 2.81. The van der Waals surface area contributed by atoms with Gasteiger partial charge in [0.2, 0.25) is 0 Å². The molecule has 5 N–H and O–H groups in total. The molecule has 34 heavy (non-hydrogen) atoms. The maximum absolute atomic E-state index is 12.2. The summed E-state index contributed by atoms with van der Waals surface area (Å²) in [5.74, 6) is 0.400. The zero-order valence-corrected chi connectivity index (χ0v) is 20.5.